The van der Waals surface area contributed by atoms with Crippen molar-refractivity contribution in [3.05, 3.63) is 53.1 Å². The minimum absolute atomic E-state index is 0.360. The van der Waals surface area contributed by atoms with Crippen molar-refractivity contribution in [3.8, 4) is 11.5 Å². The predicted octanol–water partition coefficient (Wildman–Crippen LogP) is 2.61. The highest BCUT2D eigenvalue weighted by atomic mass is 16.7. The molecule has 1 saturated heterocycles. The van der Waals surface area contributed by atoms with Gasteiger partial charge in [-0.3, -0.25) is 9.59 Å². The summed E-state index contributed by atoms with van der Waals surface area (Å²) in [7, 11) is 3.04. The van der Waals surface area contributed by atoms with Gasteiger partial charge in [0.25, 0.3) is 5.91 Å². The van der Waals surface area contributed by atoms with E-state index in [1.54, 1.807) is 18.2 Å². The molecule has 2 aliphatic rings. The van der Waals surface area contributed by atoms with Crippen LogP contribution in [0.1, 0.15) is 16.7 Å². The molecule has 28 heavy (non-hydrogen) atoms. The Kier molecular flexibility index (Phi) is 4.30. The smallest absolute Gasteiger partial charge is 0.278 e. The predicted molar refractivity (Wildman–Crippen MR) is 103 cm³/mol. The van der Waals surface area contributed by atoms with E-state index < -0.39 is 17.9 Å². The Bertz CT molecular complexity index is 994. The summed E-state index contributed by atoms with van der Waals surface area (Å²) in [5, 5.41) is 4.05. The summed E-state index contributed by atoms with van der Waals surface area (Å²) in [4.78, 5) is 32.7. The minimum Gasteiger partial charge on any atom is -0.493 e. The Morgan fingerprint density at radius 1 is 1.00 bits per heavy atom. The maximum Gasteiger partial charge on any atom is 0.278 e. The fourth-order valence-corrected chi connectivity index (χ4v) is 3.82. The van der Waals surface area contributed by atoms with Gasteiger partial charge in [-0.05, 0) is 49.2 Å². The maximum absolute atomic E-state index is 13.2. The lowest BCUT2D eigenvalue weighted by Gasteiger charge is -2.17. The zero-order valence-electron chi connectivity index (χ0n) is 16.1. The third-order valence-electron chi connectivity index (χ3n) is 4.96. The van der Waals surface area contributed by atoms with Gasteiger partial charge in [-0.2, -0.15) is 0 Å². The van der Waals surface area contributed by atoms with E-state index in [1.807, 2.05) is 32.0 Å². The lowest BCUT2D eigenvalue weighted by atomic mass is 9.93. The van der Waals surface area contributed by atoms with E-state index in [0.717, 1.165) is 11.1 Å². The van der Waals surface area contributed by atoms with Gasteiger partial charge in [0.2, 0.25) is 12.0 Å². The highest BCUT2D eigenvalue weighted by Gasteiger charge is 2.56. The normalized spacial score (nSPS) is 20.7. The molecule has 0 bridgehead atoms. The Balaban J connectivity index is 1.76. The number of nitrogens with zero attached hydrogens (tertiary/aromatic N) is 2. The molecule has 0 aromatic heterocycles. The molecule has 0 spiro atoms. The monoisotopic (exact) mass is 380 g/mol. The summed E-state index contributed by atoms with van der Waals surface area (Å²) in [6, 6.07) is 10.9. The van der Waals surface area contributed by atoms with Crippen LogP contribution >= 0.6 is 0 Å². The maximum atomic E-state index is 13.2. The van der Waals surface area contributed by atoms with Gasteiger partial charge < -0.3 is 14.3 Å². The molecule has 0 N–H and O–H groups in total. The molecule has 7 nitrogen and oxygen atoms in total. The van der Waals surface area contributed by atoms with Crippen LogP contribution in [0.4, 0.5) is 5.69 Å². The average Bonchev–Trinajstić information content (AvgIpc) is 3.20. The number of hydrogen-bond donors (Lipinski definition) is 0. The number of amides is 2. The van der Waals surface area contributed by atoms with Gasteiger partial charge in [0, 0.05) is 5.56 Å². The first kappa shape index (κ1) is 18.0. The number of para-hydroxylation sites is 1. The molecule has 2 amide bonds. The number of oxime groups is 1. The molecular formula is C21H20N2O5. The largest absolute Gasteiger partial charge is 0.493 e. The second kappa shape index (κ2) is 6.67. The number of aryl methyl sites for hydroxylation is 2. The van der Waals surface area contributed by atoms with E-state index in [9.17, 15) is 9.59 Å². The van der Waals surface area contributed by atoms with Crippen molar-refractivity contribution in [2.45, 2.75) is 20.0 Å². The van der Waals surface area contributed by atoms with E-state index >= 15 is 0 Å². The van der Waals surface area contributed by atoms with Crippen LogP contribution in [0.5, 0.6) is 11.5 Å². The summed E-state index contributed by atoms with van der Waals surface area (Å²) in [6.07, 6.45) is -0.973. The van der Waals surface area contributed by atoms with E-state index in [0.29, 0.717) is 28.5 Å². The van der Waals surface area contributed by atoms with Crippen LogP contribution in [0.15, 0.2) is 41.6 Å². The van der Waals surface area contributed by atoms with Crippen molar-refractivity contribution in [3.63, 3.8) is 0 Å². The molecular weight excluding hydrogens is 360 g/mol. The Morgan fingerprint density at radius 3 is 2.36 bits per heavy atom. The van der Waals surface area contributed by atoms with Gasteiger partial charge >= 0.3 is 0 Å². The minimum atomic E-state index is -0.973. The number of benzene rings is 2. The number of rotatable bonds is 4. The van der Waals surface area contributed by atoms with Crippen LogP contribution in [0.2, 0.25) is 0 Å². The number of carbonyl (C=O) groups excluding carboxylic acids is 2. The summed E-state index contributed by atoms with van der Waals surface area (Å²) in [6.45, 7) is 3.85. The molecule has 7 heteroatoms. The quantitative estimate of drug-likeness (QED) is 0.762. The van der Waals surface area contributed by atoms with Gasteiger partial charge in [0.05, 0.1) is 19.9 Å². The topological polar surface area (TPSA) is 77.4 Å². The van der Waals surface area contributed by atoms with Crippen LogP contribution in [0.25, 0.3) is 0 Å². The molecule has 2 unspecified atom stereocenters. The first-order chi connectivity index (χ1) is 13.5. The molecule has 2 aromatic carbocycles. The van der Waals surface area contributed by atoms with Crippen LogP contribution in [-0.2, 0) is 14.4 Å². The van der Waals surface area contributed by atoms with Gasteiger partial charge in [0.15, 0.2) is 11.5 Å². The number of methoxy groups -OCH3 is 2. The third kappa shape index (κ3) is 2.62. The lowest BCUT2D eigenvalue weighted by Crippen LogP contribution is -2.33. The standard InChI is InChI=1S/C21H20N2O5/c1-11-8-12(2)10-13(9-11)23-20(24)16-17(22-28-19(16)21(23)25)14-6-5-7-15(26-3)18(14)27-4/h5-10,16,19H,1-4H3. The molecule has 0 saturated carbocycles. The fourth-order valence-electron chi connectivity index (χ4n) is 3.82. The van der Waals surface area contributed by atoms with E-state index in [1.165, 1.54) is 19.1 Å². The van der Waals surface area contributed by atoms with Crippen LogP contribution in [0, 0.1) is 19.8 Å². The van der Waals surface area contributed by atoms with Crippen molar-refractivity contribution in [1.29, 1.82) is 0 Å². The van der Waals surface area contributed by atoms with Gasteiger partial charge in [0.1, 0.15) is 11.6 Å². The Morgan fingerprint density at radius 2 is 1.71 bits per heavy atom. The Labute approximate surface area is 162 Å². The van der Waals surface area contributed by atoms with Crippen LogP contribution in [-0.4, -0.2) is 37.8 Å². The summed E-state index contributed by atoms with van der Waals surface area (Å²) in [5.41, 5.74) is 3.42. The number of hydrogen-bond acceptors (Lipinski definition) is 6. The molecule has 4 rings (SSSR count). The van der Waals surface area contributed by atoms with Gasteiger partial charge in [-0.25, -0.2) is 4.90 Å². The number of imide groups is 1. The van der Waals surface area contributed by atoms with E-state index in [4.69, 9.17) is 14.3 Å². The average molecular weight is 380 g/mol. The highest BCUT2D eigenvalue weighted by molar-refractivity contribution is 6.32. The van der Waals surface area contributed by atoms with Crippen molar-refractivity contribution in [2.75, 3.05) is 19.1 Å². The first-order valence-corrected chi connectivity index (χ1v) is 8.87. The van der Waals surface area contributed by atoms with E-state index in [-0.39, 0.29) is 5.91 Å². The molecule has 1 fully saturated rings. The molecule has 144 valence electrons. The van der Waals surface area contributed by atoms with Gasteiger partial charge in [-0.15, -0.1) is 0 Å². The van der Waals surface area contributed by atoms with Crippen LogP contribution < -0.4 is 14.4 Å². The molecule has 0 radical (unpaired) electrons. The first-order valence-electron chi connectivity index (χ1n) is 8.87. The number of ether oxygens (including phenoxy) is 2. The molecule has 2 atom stereocenters. The molecule has 2 aromatic rings. The lowest BCUT2D eigenvalue weighted by molar-refractivity contribution is -0.126. The number of fused-ring (bicyclic) bond motifs is 1. The number of anilines is 1. The van der Waals surface area contributed by atoms with Crippen molar-refractivity contribution >= 4 is 23.2 Å². The second-order valence-electron chi connectivity index (χ2n) is 6.88. The number of carbonyl (C=O) groups is 2. The van der Waals surface area contributed by atoms with Crippen molar-refractivity contribution < 1.29 is 23.9 Å². The van der Waals surface area contributed by atoms with E-state index in [2.05, 4.69) is 5.16 Å². The zero-order chi connectivity index (χ0) is 20.0. The molecule has 2 heterocycles. The van der Waals surface area contributed by atoms with Crippen LogP contribution in [0.3, 0.4) is 0 Å². The van der Waals surface area contributed by atoms with Crippen molar-refractivity contribution in [1.82, 2.24) is 0 Å². The Hall–Kier alpha value is -3.35. The summed E-state index contributed by atoms with van der Waals surface area (Å²) in [5.74, 6) is -0.650. The summed E-state index contributed by atoms with van der Waals surface area (Å²) < 4.78 is 10.8. The summed E-state index contributed by atoms with van der Waals surface area (Å²) >= 11 is 0. The second-order valence-corrected chi connectivity index (χ2v) is 6.88. The fraction of sp³-hybridized carbons (Fsp3) is 0.286. The van der Waals surface area contributed by atoms with Crippen molar-refractivity contribution in [2.24, 2.45) is 11.1 Å². The molecule has 2 aliphatic heterocycles. The third-order valence-corrected chi connectivity index (χ3v) is 4.96. The molecule has 0 aliphatic carbocycles. The zero-order valence-corrected chi connectivity index (χ0v) is 16.1. The highest BCUT2D eigenvalue weighted by Crippen LogP contribution is 2.40. The van der Waals surface area contributed by atoms with Gasteiger partial charge in [-0.1, -0.05) is 17.3 Å². The SMILES string of the molecule is COc1cccc(C2=NOC3C(=O)N(c4cc(C)cc(C)c4)C(=O)C23)c1OC.